The first-order chi connectivity index (χ1) is 12.3. The van der Waals surface area contributed by atoms with Crippen LogP contribution in [-0.2, 0) is 42.1 Å². The molecule has 25 heavy (non-hydrogen) atoms. The van der Waals surface area contributed by atoms with Gasteiger partial charge in [-0.1, -0.05) is 6.92 Å². The minimum atomic E-state index is 0.0844. The Labute approximate surface area is 148 Å². The molecule has 1 N–H and O–H groups in total. The average Bonchev–Trinajstić information content (AvgIpc) is 3.26. The number of carbonyl (C=O) groups excluding carboxylic acids is 1. The highest BCUT2D eigenvalue weighted by molar-refractivity contribution is 5.76. The molecule has 0 aromatic carbocycles. The monoisotopic (exact) mass is 345 g/mol. The maximum absolute atomic E-state index is 12.1. The zero-order chi connectivity index (χ0) is 17.5. The topological polar surface area (TPSA) is 74.0 Å². The molecule has 0 spiro atoms. The first-order valence-electron chi connectivity index (χ1n) is 9.15. The first kappa shape index (κ1) is 17.7. The maximum atomic E-state index is 12.1. The van der Waals surface area contributed by atoms with Gasteiger partial charge in [0.1, 0.15) is 0 Å². The second-order valence-electron chi connectivity index (χ2n) is 6.40. The second-order valence-corrected chi connectivity index (χ2v) is 6.40. The van der Waals surface area contributed by atoms with E-state index in [0.29, 0.717) is 26.0 Å². The van der Waals surface area contributed by atoms with Crippen molar-refractivity contribution in [2.75, 3.05) is 13.2 Å². The lowest BCUT2D eigenvalue weighted by atomic mass is 10.1. The Hall–Kier alpha value is -2.15. The fraction of sp³-hybridized carbons (Fsp3) is 0.611. The Bertz CT molecular complexity index is 678. The predicted octanol–water partition coefficient (Wildman–Crippen LogP) is 1.70. The number of aryl methyl sites for hydroxylation is 3. The summed E-state index contributed by atoms with van der Waals surface area (Å²) in [6, 6.07) is 0. The van der Waals surface area contributed by atoms with E-state index in [2.05, 4.69) is 21.9 Å². The smallest absolute Gasteiger partial charge is 0.220 e. The minimum Gasteiger partial charge on any atom is -0.376 e. The van der Waals surface area contributed by atoms with Gasteiger partial charge in [-0.05, 0) is 12.8 Å². The number of ether oxygens (including phenoxy) is 1. The van der Waals surface area contributed by atoms with Crippen molar-refractivity contribution in [3.63, 3.8) is 0 Å². The molecule has 3 rings (SSSR count). The van der Waals surface area contributed by atoms with Crippen molar-refractivity contribution >= 4 is 5.91 Å². The molecule has 1 aliphatic heterocycles. The fourth-order valence-electron chi connectivity index (χ4n) is 3.20. The van der Waals surface area contributed by atoms with Crippen LogP contribution in [0.2, 0.25) is 0 Å². The van der Waals surface area contributed by atoms with E-state index in [1.165, 1.54) is 11.3 Å². The van der Waals surface area contributed by atoms with E-state index in [4.69, 9.17) is 9.84 Å². The molecule has 7 heteroatoms. The number of aromatic nitrogens is 4. The number of carbonyl (C=O) groups is 1. The van der Waals surface area contributed by atoms with Crippen molar-refractivity contribution in [3.05, 3.63) is 35.7 Å². The van der Waals surface area contributed by atoms with Crippen LogP contribution in [0.5, 0.6) is 0 Å². The normalized spacial score (nSPS) is 13.6. The van der Waals surface area contributed by atoms with Crippen molar-refractivity contribution in [2.45, 2.75) is 58.7 Å². The Morgan fingerprint density at radius 1 is 1.40 bits per heavy atom. The SMILES string of the molecule is CCCn1nc(CCC(=O)NCCCn2ccnc2)c2c1CCOC2. The Morgan fingerprint density at radius 2 is 2.32 bits per heavy atom. The van der Waals surface area contributed by atoms with Crippen LogP contribution in [0.3, 0.4) is 0 Å². The van der Waals surface area contributed by atoms with Crippen LogP contribution in [0.15, 0.2) is 18.7 Å². The summed E-state index contributed by atoms with van der Waals surface area (Å²) in [5, 5.41) is 7.72. The summed E-state index contributed by atoms with van der Waals surface area (Å²) in [5.74, 6) is 0.0844. The number of hydrogen-bond donors (Lipinski definition) is 1. The number of imidazole rings is 1. The highest BCUT2D eigenvalue weighted by atomic mass is 16.5. The van der Waals surface area contributed by atoms with Gasteiger partial charge in [0.05, 0.1) is 25.2 Å². The van der Waals surface area contributed by atoms with Crippen molar-refractivity contribution < 1.29 is 9.53 Å². The minimum absolute atomic E-state index is 0.0844. The lowest BCUT2D eigenvalue weighted by Crippen LogP contribution is -2.25. The molecule has 0 saturated carbocycles. The molecule has 1 amide bonds. The molecule has 0 bridgehead atoms. The Balaban J connectivity index is 1.45. The zero-order valence-electron chi connectivity index (χ0n) is 14.9. The van der Waals surface area contributed by atoms with E-state index < -0.39 is 0 Å². The van der Waals surface area contributed by atoms with Crippen molar-refractivity contribution in [1.29, 1.82) is 0 Å². The number of hydrogen-bond acceptors (Lipinski definition) is 4. The van der Waals surface area contributed by atoms with Gasteiger partial charge in [-0.3, -0.25) is 9.48 Å². The van der Waals surface area contributed by atoms with Crippen LogP contribution in [0.4, 0.5) is 0 Å². The molecular formula is C18H27N5O2. The van der Waals surface area contributed by atoms with Gasteiger partial charge in [0.2, 0.25) is 5.91 Å². The largest absolute Gasteiger partial charge is 0.376 e. The summed E-state index contributed by atoms with van der Waals surface area (Å²) in [5.41, 5.74) is 3.52. The quantitative estimate of drug-likeness (QED) is 0.702. The van der Waals surface area contributed by atoms with Crippen LogP contribution in [-0.4, -0.2) is 38.4 Å². The van der Waals surface area contributed by atoms with Crippen molar-refractivity contribution in [3.8, 4) is 0 Å². The highest BCUT2D eigenvalue weighted by Crippen LogP contribution is 2.22. The summed E-state index contributed by atoms with van der Waals surface area (Å²) in [4.78, 5) is 16.1. The average molecular weight is 345 g/mol. The molecule has 0 atom stereocenters. The van der Waals surface area contributed by atoms with E-state index in [-0.39, 0.29) is 5.91 Å². The van der Waals surface area contributed by atoms with E-state index in [9.17, 15) is 4.79 Å². The van der Waals surface area contributed by atoms with Crippen LogP contribution in [0.1, 0.15) is 43.1 Å². The third-order valence-electron chi connectivity index (χ3n) is 4.48. The third kappa shape index (κ3) is 4.69. The lowest BCUT2D eigenvalue weighted by molar-refractivity contribution is -0.121. The molecule has 0 radical (unpaired) electrons. The van der Waals surface area contributed by atoms with Gasteiger partial charge >= 0.3 is 0 Å². The van der Waals surface area contributed by atoms with Crippen LogP contribution in [0.25, 0.3) is 0 Å². The Morgan fingerprint density at radius 3 is 3.12 bits per heavy atom. The molecule has 1 aliphatic rings. The van der Waals surface area contributed by atoms with E-state index >= 15 is 0 Å². The maximum Gasteiger partial charge on any atom is 0.220 e. The number of amides is 1. The molecule has 0 saturated heterocycles. The lowest BCUT2D eigenvalue weighted by Gasteiger charge is -2.14. The summed E-state index contributed by atoms with van der Waals surface area (Å²) in [7, 11) is 0. The second kappa shape index (κ2) is 8.80. The summed E-state index contributed by atoms with van der Waals surface area (Å²) in [6.45, 7) is 6.03. The van der Waals surface area contributed by atoms with Gasteiger partial charge in [-0.25, -0.2) is 4.98 Å². The molecule has 3 heterocycles. The van der Waals surface area contributed by atoms with Crippen molar-refractivity contribution in [2.24, 2.45) is 0 Å². The number of fused-ring (bicyclic) bond motifs is 1. The standard InChI is InChI=1S/C18H27N5O2/c1-2-9-23-17-6-12-25-13-15(17)16(21-23)4-5-18(24)20-7-3-10-22-11-8-19-14-22/h8,11,14H,2-7,9-10,12-13H2,1H3,(H,20,24). The molecule has 7 nitrogen and oxygen atoms in total. The van der Waals surface area contributed by atoms with Crippen LogP contribution in [0, 0.1) is 0 Å². The first-order valence-corrected chi connectivity index (χ1v) is 9.15. The van der Waals surface area contributed by atoms with Gasteiger partial charge in [0.15, 0.2) is 0 Å². The molecule has 0 unspecified atom stereocenters. The van der Waals surface area contributed by atoms with Crippen LogP contribution < -0.4 is 5.32 Å². The van der Waals surface area contributed by atoms with Gasteiger partial charge in [-0.2, -0.15) is 5.10 Å². The summed E-state index contributed by atoms with van der Waals surface area (Å²) >= 11 is 0. The van der Waals surface area contributed by atoms with Crippen LogP contribution >= 0.6 is 0 Å². The Kier molecular flexibility index (Phi) is 6.22. The van der Waals surface area contributed by atoms with Gasteiger partial charge in [0, 0.05) is 62.5 Å². The molecule has 2 aromatic rings. The number of nitrogens with one attached hydrogen (secondary N) is 1. The van der Waals surface area contributed by atoms with E-state index in [1.54, 1.807) is 12.5 Å². The number of nitrogens with zero attached hydrogens (tertiary/aromatic N) is 4. The van der Waals surface area contributed by atoms with E-state index in [0.717, 1.165) is 44.7 Å². The molecule has 136 valence electrons. The molecule has 0 aliphatic carbocycles. The summed E-state index contributed by atoms with van der Waals surface area (Å²) in [6.07, 6.45) is 9.52. The van der Waals surface area contributed by atoms with Crippen molar-refractivity contribution in [1.82, 2.24) is 24.6 Å². The highest BCUT2D eigenvalue weighted by Gasteiger charge is 2.21. The van der Waals surface area contributed by atoms with Gasteiger partial charge in [0.25, 0.3) is 0 Å². The van der Waals surface area contributed by atoms with Gasteiger partial charge < -0.3 is 14.6 Å². The molecule has 0 fully saturated rings. The molecule has 2 aromatic heterocycles. The van der Waals surface area contributed by atoms with Gasteiger partial charge in [-0.15, -0.1) is 0 Å². The van der Waals surface area contributed by atoms with E-state index in [1.807, 2.05) is 10.8 Å². The fourth-order valence-corrected chi connectivity index (χ4v) is 3.20. The molecular weight excluding hydrogens is 318 g/mol. The third-order valence-corrected chi connectivity index (χ3v) is 4.48. The summed E-state index contributed by atoms with van der Waals surface area (Å²) < 4.78 is 9.71. The number of rotatable bonds is 9. The predicted molar refractivity (Wildman–Crippen MR) is 94.1 cm³/mol. The zero-order valence-corrected chi connectivity index (χ0v) is 14.9.